The molecule has 192 valence electrons. The molecule has 11 heteroatoms. The summed E-state index contributed by atoms with van der Waals surface area (Å²) in [7, 11) is 0. The molecule has 2 heterocycles. The van der Waals surface area contributed by atoms with Crippen molar-refractivity contribution in [3.05, 3.63) is 99.0 Å². The van der Waals surface area contributed by atoms with Crippen LogP contribution in [0.15, 0.2) is 66.7 Å². The van der Waals surface area contributed by atoms with Gasteiger partial charge < -0.3 is 4.74 Å². The number of benzene rings is 3. The zero-order chi connectivity index (χ0) is 27.1. The zero-order valence-corrected chi connectivity index (χ0v) is 20.5. The zero-order valence-electron chi connectivity index (χ0n) is 19.0. The molecule has 38 heavy (non-hydrogen) atoms. The van der Waals surface area contributed by atoms with Gasteiger partial charge in [0.2, 0.25) is 29.0 Å². The van der Waals surface area contributed by atoms with Crippen LogP contribution in [0, 0.1) is 11.8 Å². The van der Waals surface area contributed by atoms with E-state index in [9.17, 15) is 32.3 Å². The molecule has 0 aromatic heterocycles. The van der Waals surface area contributed by atoms with Crippen molar-refractivity contribution < 1.29 is 37.1 Å². The van der Waals surface area contributed by atoms with Crippen LogP contribution in [0.2, 0.25) is 10.0 Å². The average molecular weight is 560 g/mol. The SMILES string of the molecule is O=C1[C@H]2[C@@H](C(=O)N1c1cccc(C(F)(F)F)c1)C1(O[C@H]2c2ccc(Cl)cc2Cl)C(=O)c2ccccc2C1=O. The molecule has 0 radical (unpaired) electrons. The number of amides is 2. The minimum Gasteiger partial charge on any atom is -0.349 e. The van der Waals surface area contributed by atoms with Gasteiger partial charge in [0.1, 0.15) is 0 Å². The van der Waals surface area contributed by atoms with Gasteiger partial charge >= 0.3 is 6.18 Å². The van der Waals surface area contributed by atoms with E-state index in [0.29, 0.717) is 11.0 Å². The Hall–Kier alpha value is -3.53. The normalized spacial score (nSPS) is 23.9. The summed E-state index contributed by atoms with van der Waals surface area (Å²) < 4.78 is 46.4. The van der Waals surface area contributed by atoms with Crippen molar-refractivity contribution in [1.29, 1.82) is 0 Å². The fourth-order valence-corrected chi connectivity index (χ4v) is 6.12. The number of alkyl halides is 3. The average Bonchev–Trinajstić information content (AvgIpc) is 3.43. The van der Waals surface area contributed by atoms with Crippen molar-refractivity contribution in [2.45, 2.75) is 17.9 Å². The third kappa shape index (κ3) is 3.25. The van der Waals surface area contributed by atoms with Crippen LogP contribution in [-0.4, -0.2) is 29.0 Å². The Balaban J connectivity index is 1.54. The molecule has 1 aliphatic carbocycles. The summed E-state index contributed by atoms with van der Waals surface area (Å²) in [6.07, 6.45) is -6.07. The number of ketones is 2. The number of anilines is 1. The van der Waals surface area contributed by atoms with Gasteiger partial charge in [0.15, 0.2) is 0 Å². The monoisotopic (exact) mass is 559 g/mol. The van der Waals surface area contributed by atoms with Gasteiger partial charge in [-0.25, -0.2) is 4.90 Å². The summed E-state index contributed by atoms with van der Waals surface area (Å²) in [5, 5.41) is 0.328. The summed E-state index contributed by atoms with van der Waals surface area (Å²) in [4.78, 5) is 55.7. The van der Waals surface area contributed by atoms with Crippen molar-refractivity contribution in [2.75, 3.05) is 4.90 Å². The summed E-state index contributed by atoms with van der Waals surface area (Å²) in [5.74, 6) is -6.57. The first-order valence-corrected chi connectivity index (χ1v) is 12.1. The molecule has 6 rings (SSSR count). The first-order valence-electron chi connectivity index (χ1n) is 11.3. The lowest BCUT2D eigenvalue weighted by molar-refractivity contribution is -0.137. The number of Topliss-reactive ketones (excluding diaryl/α,β-unsaturated/α-hetero) is 2. The Morgan fingerprint density at radius 3 is 2.08 bits per heavy atom. The molecule has 0 N–H and O–H groups in total. The summed E-state index contributed by atoms with van der Waals surface area (Å²) >= 11 is 12.4. The van der Waals surface area contributed by atoms with Crippen molar-refractivity contribution in [3.63, 3.8) is 0 Å². The first kappa shape index (κ1) is 24.8. The molecule has 0 saturated carbocycles. The molecule has 2 saturated heterocycles. The standard InChI is InChI=1S/C27H14Cl2F3NO5/c28-13-8-9-17(18(29)11-13)21-19-20(26(38-21)22(34)15-6-1-2-7-16(15)23(26)35)25(37)33(24(19)36)14-5-3-4-12(10-14)27(30,31)32/h1-11,19-21H/t19-,20-,21-/m0/s1. The molecule has 2 amide bonds. The van der Waals surface area contributed by atoms with Crippen molar-refractivity contribution in [3.8, 4) is 0 Å². The number of fused-ring (bicyclic) bond motifs is 3. The van der Waals surface area contributed by atoms with E-state index in [1.807, 2.05) is 0 Å². The van der Waals surface area contributed by atoms with Crippen molar-refractivity contribution >= 4 is 52.3 Å². The Morgan fingerprint density at radius 2 is 1.47 bits per heavy atom. The maximum Gasteiger partial charge on any atom is 0.416 e. The van der Waals surface area contributed by atoms with Crippen LogP contribution < -0.4 is 4.90 Å². The van der Waals surface area contributed by atoms with Gasteiger partial charge in [0, 0.05) is 26.7 Å². The van der Waals surface area contributed by atoms with Gasteiger partial charge in [0.25, 0.3) is 0 Å². The Kier molecular flexibility index (Phi) is 5.37. The van der Waals surface area contributed by atoms with Crippen LogP contribution in [0.4, 0.5) is 18.9 Å². The largest absolute Gasteiger partial charge is 0.416 e. The van der Waals surface area contributed by atoms with Crippen LogP contribution in [0.3, 0.4) is 0 Å². The lowest BCUT2D eigenvalue weighted by Gasteiger charge is -2.27. The Labute approximate surface area is 222 Å². The molecule has 3 atom stereocenters. The number of carbonyl (C=O) groups excluding carboxylic acids is 4. The lowest BCUT2D eigenvalue weighted by atomic mass is 9.77. The molecule has 2 aliphatic heterocycles. The number of hydrogen-bond acceptors (Lipinski definition) is 5. The van der Waals surface area contributed by atoms with E-state index >= 15 is 0 Å². The molecule has 3 aromatic rings. The number of halogens is 5. The van der Waals surface area contributed by atoms with Gasteiger partial charge in [-0.1, -0.05) is 59.6 Å². The van der Waals surface area contributed by atoms with Crippen LogP contribution in [0.1, 0.15) is 37.9 Å². The minimum atomic E-state index is -4.74. The molecule has 2 fully saturated rings. The second-order valence-corrected chi connectivity index (χ2v) is 10.1. The Bertz CT molecular complexity index is 1550. The molecular weight excluding hydrogens is 546 g/mol. The highest BCUT2D eigenvalue weighted by atomic mass is 35.5. The number of carbonyl (C=O) groups is 4. The topological polar surface area (TPSA) is 80.8 Å². The quantitative estimate of drug-likeness (QED) is 0.297. The maximum absolute atomic E-state index is 13.9. The van der Waals surface area contributed by atoms with Crippen LogP contribution in [0.25, 0.3) is 0 Å². The third-order valence-electron chi connectivity index (χ3n) is 7.22. The highest BCUT2D eigenvalue weighted by Gasteiger charge is 2.75. The summed E-state index contributed by atoms with van der Waals surface area (Å²) in [6, 6.07) is 13.9. The number of imide groups is 1. The highest BCUT2D eigenvalue weighted by Crippen LogP contribution is 2.58. The molecule has 3 aromatic carbocycles. The van der Waals surface area contributed by atoms with E-state index in [4.69, 9.17) is 27.9 Å². The van der Waals surface area contributed by atoms with E-state index in [-0.39, 0.29) is 32.4 Å². The fourth-order valence-electron chi connectivity index (χ4n) is 5.61. The van der Waals surface area contributed by atoms with Gasteiger partial charge in [0.05, 0.1) is 29.2 Å². The van der Waals surface area contributed by atoms with E-state index in [2.05, 4.69) is 0 Å². The number of hydrogen-bond donors (Lipinski definition) is 0. The van der Waals surface area contributed by atoms with E-state index in [1.165, 1.54) is 36.4 Å². The molecule has 0 bridgehead atoms. The van der Waals surface area contributed by atoms with Crippen LogP contribution in [0.5, 0.6) is 0 Å². The van der Waals surface area contributed by atoms with Gasteiger partial charge in [-0.2, -0.15) is 13.2 Å². The van der Waals surface area contributed by atoms with Gasteiger partial charge in [-0.05, 0) is 30.3 Å². The first-order chi connectivity index (χ1) is 18.0. The van der Waals surface area contributed by atoms with Gasteiger partial charge in [-0.3, -0.25) is 19.2 Å². The van der Waals surface area contributed by atoms with Crippen molar-refractivity contribution in [1.82, 2.24) is 0 Å². The highest BCUT2D eigenvalue weighted by molar-refractivity contribution is 6.37. The molecule has 1 spiro atoms. The number of rotatable bonds is 2. The Morgan fingerprint density at radius 1 is 0.816 bits per heavy atom. The van der Waals surface area contributed by atoms with Crippen molar-refractivity contribution in [2.24, 2.45) is 11.8 Å². The van der Waals surface area contributed by atoms with E-state index < -0.39 is 58.7 Å². The second kappa shape index (κ2) is 8.23. The maximum atomic E-state index is 13.9. The molecule has 0 unspecified atom stereocenters. The molecule has 6 nitrogen and oxygen atoms in total. The lowest BCUT2D eigenvalue weighted by Crippen LogP contribution is -2.51. The van der Waals surface area contributed by atoms with E-state index in [1.54, 1.807) is 12.1 Å². The summed E-state index contributed by atoms with van der Waals surface area (Å²) in [5.41, 5.74) is -3.54. The van der Waals surface area contributed by atoms with E-state index in [0.717, 1.165) is 12.1 Å². The smallest absolute Gasteiger partial charge is 0.349 e. The molecule has 3 aliphatic rings. The number of ether oxygens (including phenoxy) is 1. The fraction of sp³-hybridized carbons (Fsp3) is 0.185. The van der Waals surface area contributed by atoms with Crippen LogP contribution >= 0.6 is 23.2 Å². The predicted octanol–water partition coefficient (Wildman–Crippen LogP) is 5.71. The van der Waals surface area contributed by atoms with Gasteiger partial charge in [-0.15, -0.1) is 0 Å². The number of nitrogens with zero attached hydrogens (tertiary/aromatic N) is 1. The molecular formula is C27H14Cl2F3NO5. The second-order valence-electron chi connectivity index (χ2n) is 9.21. The third-order valence-corrected chi connectivity index (χ3v) is 7.78. The van der Waals surface area contributed by atoms with Crippen LogP contribution in [-0.2, 0) is 20.5 Å². The minimum absolute atomic E-state index is 0.0249. The summed E-state index contributed by atoms with van der Waals surface area (Å²) in [6.45, 7) is 0. The predicted molar refractivity (Wildman–Crippen MR) is 129 cm³/mol.